The zero-order chi connectivity index (χ0) is 7.84. The first kappa shape index (κ1) is 6.02. The Bertz CT molecular complexity index is 446. The molecule has 0 saturated heterocycles. The molecule has 0 radical (unpaired) electrons. The highest BCUT2D eigenvalue weighted by molar-refractivity contribution is 5.62. The third kappa shape index (κ3) is 0.878. The van der Waals surface area contributed by atoms with Crippen molar-refractivity contribution in [1.29, 1.82) is 0 Å². The molecule has 0 aliphatic carbocycles. The van der Waals surface area contributed by atoms with Crippen molar-refractivity contribution in [2.75, 3.05) is 0 Å². The van der Waals surface area contributed by atoms with E-state index in [0.29, 0.717) is 0 Å². The smallest absolute Gasteiger partial charge is 0.387 e. The number of rotatable bonds is 0. The first-order chi connectivity index (χ1) is 5.25. The van der Waals surface area contributed by atoms with Crippen LogP contribution in [0, 0.1) is 6.08 Å². The van der Waals surface area contributed by atoms with E-state index in [1.165, 1.54) is 0 Å². The average Bonchev–Trinajstić information content (AvgIpc) is 2.27. The molecule has 0 aliphatic rings. The summed E-state index contributed by atoms with van der Waals surface area (Å²) in [7, 11) is 0. The van der Waals surface area contributed by atoms with Gasteiger partial charge in [-0.1, -0.05) is 0 Å². The maximum Gasteiger partial charge on any atom is 0.521 e. The van der Waals surface area contributed by atoms with Crippen LogP contribution in [0.25, 0.3) is 11.3 Å². The van der Waals surface area contributed by atoms with Gasteiger partial charge >= 0.3 is 11.9 Å². The van der Waals surface area contributed by atoms with Gasteiger partial charge in [-0.2, -0.15) is 9.37 Å². The Morgan fingerprint density at radius 2 is 2.27 bits per heavy atom. The molecule has 2 rings (SSSR count). The Kier molecular flexibility index (Phi) is 1.03. The SMILES string of the molecule is O=c1oc2cnc(F)nc2o1. The van der Waals surface area contributed by atoms with Crippen LogP contribution in [0.1, 0.15) is 0 Å². The molecule has 5 nitrogen and oxygen atoms in total. The van der Waals surface area contributed by atoms with Crippen molar-refractivity contribution in [2.45, 2.75) is 0 Å². The quantitative estimate of drug-likeness (QED) is 0.513. The predicted octanol–water partition coefficient (Wildman–Crippen LogP) is 0.315. The first-order valence-electron chi connectivity index (χ1n) is 2.68. The van der Waals surface area contributed by atoms with E-state index in [1.807, 2.05) is 0 Å². The van der Waals surface area contributed by atoms with Crippen LogP contribution in [0.4, 0.5) is 4.39 Å². The van der Waals surface area contributed by atoms with Crippen LogP contribution in [0.2, 0.25) is 0 Å². The summed E-state index contributed by atoms with van der Waals surface area (Å²) in [4.78, 5) is 16.7. The van der Waals surface area contributed by atoms with Crippen molar-refractivity contribution in [3.63, 3.8) is 0 Å². The van der Waals surface area contributed by atoms with Gasteiger partial charge in [0.1, 0.15) is 0 Å². The van der Waals surface area contributed by atoms with E-state index >= 15 is 0 Å². The first-order valence-corrected chi connectivity index (χ1v) is 2.68. The predicted molar refractivity (Wildman–Crippen MR) is 30.3 cm³/mol. The lowest BCUT2D eigenvalue weighted by Gasteiger charge is -1.81. The van der Waals surface area contributed by atoms with Crippen LogP contribution in [0.15, 0.2) is 19.8 Å². The molecule has 0 fully saturated rings. The summed E-state index contributed by atoms with van der Waals surface area (Å²) >= 11 is 0. The molecule has 0 amide bonds. The van der Waals surface area contributed by atoms with Crippen LogP contribution in [0.3, 0.4) is 0 Å². The molecule has 0 aromatic carbocycles. The van der Waals surface area contributed by atoms with E-state index in [2.05, 4.69) is 18.8 Å². The molecular weight excluding hydrogens is 155 g/mol. The van der Waals surface area contributed by atoms with Crippen LogP contribution in [0.5, 0.6) is 0 Å². The minimum atomic E-state index is -0.956. The molecule has 0 bridgehead atoms. The van der Waals surface area contributed by atoms with E-state index in [1.54, 1.807) is 0 Å². The Balaban J connectivity index is 2.92. The van der Waals surface area contributed by atoms with Gasteiger partial charge in [-0.25, -0.2) is 9.78 Å². The summed E-state index contributed by atoms with van der Waals surface area (Å²) < 4.78 is 21.0. The van der Waals surface area contributed by atoms with Gasteiger partial charge in [-0.3, -0.25) is 0 Å². The lowest BCUT2D eigenvalue weighted by Crippen LogP contribution is -1.85. The minimum Gasteiger partial charge on any atom is -0.387 e. The van der Waals surface area contributed by atoms with Gasteiger partial charge < -0.3 is 8.83 Å². The summed E-state index contributed by atoms with van der Waals surface area (Å²) in [6, 6.07) is 0. The van der Waals surface area contributed by atoms with Crippen molar-refractivity contribution in [3.8, 4) is 0 Å². The van der Waals surface area contributed by atoms with E-state index in [-0.39, 0.29) is 11.3 Å². The fourth-order valence-electron chi connectivity index (χ4n) is 0.668. The molecule has 2 aromatic heterocycles. The van der Waals surface area contributed by atoms with Crippen LogP contribution in [-0.4, -0.2) is 9.97 Å². The van der Waals surface area contributed by atoms with E-state index in [4.69, 9.17) is 0 Å². The largest absolute Gasteiger partial charge is 0.521 e. The summed E-state index contributed by atoms with van der Waals surface area (Å²) in [5, 5.41) is 0. The van der Waals surface area contributed by atoms with Gasteiger partial charge in [-0.05, 0) is 0 Å². The van der Waals surface area contributed by atoms with Crippen LogP contribution < -0.4 is 5.82 Å². The Morgan fingerprint density at radius 3 is 3.09 bits per heavy atom. The monoisotopic (exact) mass is 156 g/mol. The maximum absolute atomic E-state index is 12.2. The number of aromatic nitrogens is 2. The number of halogens is 1. The lowest BCUT2D eigenvalue weighted by atomic mass is 10.6. The molecule has 6 heteroatoms. The molecule has 2 heterocycles. The molecule has 11 heavy (non-hydrogen) atoms. The molecule has 0 unspecified atom stereocenters. The van der Waals surface area contributed by atoms with Crippen LogP contribution >= 0.6 is 0 Å². The molecule has 56 valence electrons. The molecule has 0 aliphatic heterocycles. The highest BCUT2D eigenvalue weighted by Crippen LogP contribution is 2.06. The second kappa shape index (κ2) is 1.88. The highest BCUT2D eigenvalue weighted by Gasteiger charge is 2.05. The van der Waals surface area contributed by atoms with E-state index < -0.39 is 11.9 Å². The standard InChI is InChI=1S/C5HFN2O3/c6-4-7-1-2-3(8-4)11-5(9)10-2/h1H. The molecule has 0 N–H and O–H groups in total. The number of fused-ring (bicyclic) bond motifs is 1. The van der Waals surface area contributed by atoms with Crippen molar-refractivity contribution in [3.05, 3.63) is 22.9 Å². The minimum absolute atomic E-state index is 0.0383. The van der Waals surface area contributed by atoms with Gasteiger partial charge in [0.2, 0.25) is 5.58 Å². The molecule has 0 spiro atoms. The average molecular weight is 156 g/mol. The number of hydrogen-bond acceptors (Lipinski definition) is 5. The normalized spacial score (nSPS) is 10.6. The lowest BCUT2D eigenvalue weighted by molar-refractivity contribution is 0.406. The summed E-state index contributed by atoms with van der Waals surface area (Å²) in [6.45, 7) is 0. The topological polar surface area (TPSA) is 69.1 Å². The fourth-order valence-corrected chi connectivity index (χ4v) is 0.668. The van der Waals surface area contributed by atoms with Gasteiger partial charge in [0.25, 0.3) is 5.71 Å². The Morgan fingerprint density at radius 1 is 1.45 bits per heavy atom. The van der Waals surface area contributed by atoms with Crippen molar-refractivity contribution < 1.29 is 13.2 Å². The molecular formula is C5HFN2O3. The van der Waals surface area contributed by atoms with Crippen molar-refractivity contribution >= 4 is 11.3 Å². The van der Waals surface area contributed by atoms with Gasteiger partial charge in [0, 0.05) is 0 Å². The second-order valence-corrected chi connectivity index (χ2v) is 1.76. The van der Waals surface area contributed by atoms with Gasteiger partial charge in [-0.15, -0.1) is 0 Å². The number of hydrogen-bond donors (Lipinski definition) is 0. The van der Waals surface area contributed by atoms with Crippen LogP contribution in [-0.2, 0) is 0 Å². The zero-order valence-corrected chi connectivity index (χ0v) is 5.07. The van der Waals surface area contributed by atoms with Crippen molar-refractivity contribution in [2.24, 2.45) is 0 Å². The second-order valence-electron chi connectivity index (χ2n) is 1.76. The summed E-state index contributed by atoms with van der Waals surface area (Å²) in [5.74, 6) is -0.917. The molecule has 0 atom stereocenters. The highest BCUT2D eigenvalue weighted by atomic mass is 19.1. The van der Waals surface area contributed by atoms with Crippen molar-refractivity contribution in [1.82, 2.24) is 9.97 Å². The molecule has 2 aromatic rings. The third-order valence-corrected chi connectivity index (χ3v) is 1.07. The maximum atomic E-state index is 12.2. The number of nitrogens with zero attached hydrogens (tertiary/aromatic N) is 2. The third-order valence-electron chi connectivity index (χ3n) is 1.07. The Labute approximate surface area is 58.5 Å². The van der Waals surface area contributed by atoms with Gasteiger partial charge in [0.15, 0.2) is 0 Å². The molecule has 0 saturated carbocycles. The Hall–Kier alpha value is -1.72. The van der Waals surface area contributed by atoms with Gasteiger partial charge in [0.05, 0.1) is 6.20 Å². The summed E-state index contributed by atoms with van der Waals surface area (Å²) in [6.07, 6.45) is 0.0739. The van der Waals surface area contributed by atoms with E-state index in [9.17, 15) is 9.18 Å². The summed E-state index contributed by atoms with van der Waals surface area (Å²) in [5.41, 5.74) is -0.140. The zero-order valence-electron chi connectivity index (χ0n) is 5.07. The van der Waals surface area contributed by atoms with E-state index in [0.717, 1.165) is 6.20 Å². The fraction of sp³-hybridized carbons (Fsp3) is 0.